The molecule has 0 aromatic carbocycles. The van der Waals surface area contributed by atoms with Crippen LogP contribution in [0.25, 0.3) is 0 Å². The lowest BCUT2D eigenvalue weighted by Gasteiger charge is -2.29. The van der Waals surface area contributed by atoms with Gasteiger partial charge in [0.15, 0.2) is 0 Å². The maximum atomic E-state index is 12.2. The number of carbonyl (C=O) groups is 2. The lowest BCUT2D eigenvalue weighted by atomic mass is 9.86. The summed E-state index contributed by atoms with van der Waals surface area (Å²) in [6, 6.07) is -0.795. The van der Waals surface area contributed by atoms with Crippen molar-refractivity contribution in [2.75, 3.05) is 13.2 Å². The quantitative estimate of drug-likeness (QED) is 0.811. The van der Waals surface area contributed by atoms with Crippen molar-refractivity contribution in [1.29, 1.82) is 0 Å². The Hall–Kier alpha value is -1.10. The summed E-state index contributed by atoms with van der Waals surface area (Å²) >= 11 is 0. The van der Waals surface area contributed by atoms with Gasteiger partial charge in [-0.2, -0.15) is 0 Å². The van der Waals surface area contributed by atoms with Gasteiger partial charge in [0, 0.05) is 18.9 Å². The Bertz CT molecular complexity index is 405. The third kappa shape index (κ3) is 3.39. The van der Waals surface area contributed by atoms with Crippen LogP contribution in [0.4, 0.5) is 0 Å². The van der Waals surface area contributed by atoms with Crippen molar-refractivity contribution in [3.05, 3.63) is 0 Å². The number of ether oxygens (including phenoxy) is 1. The summed E-state index contributed by atoms with van der Waals surface area (Å²) < 4.78 is 5.35. The van der Waals surface area contributed by atoms with E-state index in [1.54, 1.807) is 0 Å². The lowest BCUT2D eigenvalue weighted by molar-refractivity contribution is -0.145. The van der Waals surface area contributed by atoms with E-state index in [-0.39, 0.29) is 11.8 Å². The van der Waals surface area contributed by atoms with Crippen LogP contribution in [0.1, 0.15) is 44.9 Å². The number of carboxylic acid groups (broad SMARTS) is 1. The van der Waals surface area contributed by atoms with Crippen LogP contribution in [-0.2, 0) is 14.3 Å². The van der Waals surface area contributed by atoms with E-state index in [1.165, 1.54) is 19.3 Å². The number of carboxylic acids is 1. The van der Waals surface area contributed by atoms with Gasteiger partial charge in [-0.05, 0) is 49.9 Å². The Morgan fingerprint density at radius 1 is 1.24 bits per heavy atom. The second kappa shape index (κ2) is 6.34. The summed E-state index contributed by atoms with van der Waals surface area (Å²) in [4.78, 5) is 23.6. The minimum Gasteiger partial charge on any atom is -0.480 e. The number of hydrogen-bond donors (Lipinski definition) is 2. The molecule has 1 amide bonds. The van der Waals surface area contributed by atoms with Crippen molar-refractivity contribution in [1.82, 2.24) is 5.32 Å². The van der Waals surface area contributed by atoms with Crippen molar-refractivity contribution in [2.45, 2.75) is 51.0 Å². The van der Waals surface area contributed by atoms with E-state index in [1.807, 2.05) is 0 Å². The van der Waals surface area contributed by atoms with Crippen LogP contribution in [-0.4, -0.2) is 36.2 Å². The molecule has 2 aliphatic carbocycles. The molecular formula is C16H25NO4. The van der Waals surface area contributed by atoms with Gasteiger partial charge < -0.3 is 15.2 Å². The molecule has 5 atom stereocenters. The first-order chi connectivity index (χ1) is 10.1. The number of amides is 1. The molecule has 0 radical (unpaired) electrons. The van der Waals surface area contributed by atoms with Crippen molar-refractivity contribution in [3.63, 3.8) is 0 Å². The van der Waals surface area contributed by atoms with E-state index in [0.29, 0.717) is 31.5 Å². The summed E-state index contributed by atoms with van der Waals surface area (Å²) in [5.74, 6) is 0.857. The maximum Gasteiger partial charge on any atom is 0.326 e. The van der Waals surface area contributed by atoms with Gasteiger partial charge in [-0.1, -0.05) is 6.42 Å². The van der Waals surface area contributed by atoms with Crippen molar-refractivity contribution in [2.24, 2.45) is 23.7 Å². The molecule has 21 heavy (non-hydrogen) atoms. The van der Waals surface area contributed by atoms with E-state index in [9.17, 15) is 14.7 Å². The molecule has 1 aliphatic heterocycles. The first-order valence-electron chi connectivity index (χ1n) is 8.23. The highest BCUT2D eigenvalue weighted by atomic mass is 16.5. The third-order valence-electron chi connectivity index (χ3n) is 5.58. The van der Waals surface area contributed by atoms with Gasteiger partial charge in [0.25, 0.3) is 0 Å². The maximum absolute atomic E-state index is 12.2. The molecule has 3 rings (SSSR count). The highest BCUT2D eigenvalue weighted by molar-refractivity contribution is 5.83. The van der Waals surface area contributed by atoms with Crippen LogP contribution in [0.2, 0.25) is 0 Å². The van der Waals surface area contributed by atoms with E-state index in [0.717, 1.165) is 25.2 Å². The molecule has 5 nitrogen and oxygen atoms in total. The van der Waals surface area contributed by atoms with E-state index < -0.39 is 12.0 Å². The highest BCUT2D eigenvalue weighted by Gasteiger charge is 2.40. The molecule has 3 aliphatic rings. The normalized spacial score (nSPS) is 36.4. The summed E-state index contributed by atoms with van der Waals surface area (Å²) in [6.45, 7) is 1.13. The molecule has 2 saturated carbocycles. The van der Waals surface area contributed by atoms with E-state index in [2.05, 4.69) is 5.32 Å². The molecule has 118 valence electrons. The predicted octanol–water partition coefficient (Wildman–Crippen LogP) is 1.81. The van der Waals surface area contributed by atoms with Crippen molar-refractivity contribution in [3.8, 4) is 0 Å². The van der Waals surface area contributed by atoms with Gasteiger partial charge in [-0.15, -0.1) is 0 Å². The SMILES string of the molecule is O=C(CC1CC2CCC1C2)NC(C(=O)O)C1CCCOC1. The standard InChI is InChI=1S/C16H25NO4/c18-14(8-13-7-10-3-4-11(13)6-10)17-15(16(19)20)12-2-1-5-21-9-12/h10-13,15H,1-9H2,(H,17,18)(H,19,20). The average Bonchev–Trinajstić information content (AvgIpc) is 3.08. The summed E-state index contributed by atoms with van der Waals surface area (Å²) in [6.07, 6.45) is 7.18. The lowest BCUT2D eigenvalue weighted by Crippen LogP contribution is -2.48. The van der Waals surface area contributed by atoms with Crippen LogP contribution >= 0.6 is 0 Å². The number of nitrogens with one attached hydrogen (secondary N) is 1. The molecule has 0 spiro atoms. The molecule has 2 bridgehead atoms. The second-order valence-electron chi connectivity index (χ2n) is 7.00. The number of aliphatic carboxylic acids is 1. The van der Waals surface area contributed by atoms with Crippen LogP contribution < -0.4 is 5.32 Å². The Kier molecular flexibility index (Phi) is 4.48. The average molecular weight is 295 g/mol. The number of rotatable bonds is 5. The first kappa shape index (κ1) is 14.8. The minimum absolute atomic E-state index is 0.0921. The van der Waals surface area contributed by atoms with Crippen LogP contribution in [0, 0.1) is 23.7 Å². The Balaban J connectivity index is 1.52. The zero-order valence-corrected chi connectivity index (χ0v) is 12.4. The van der Waals surface area contributed by atoms with Crippen LogP contribution in [0.15, 0.2) is 0 Å². The fourth-order valence-corrected chi connectivity index (χ4v) is 4.51. The number of carbonyl (C=O) groups excluding carboxylic acids is 1. The predicted molar refractivity (Wildman–Crippen MR) is 76.7 cm³/mol. The van der Waals surface area contributed by atoms with E-state index >= 15 is 0 Å². The van der Waals surface area contributed by atoms with Gasteiger partial charge in [0.1, 0.15) is 6.04 Å². The molecule has 3 fully saturated rings. The summed E-state index contributed by atoms with van der Waals surface area (Å²) in [5.41, 5.74) is 0. The Morgan fingerprint density at radius 2 is 2.10 bits per heavy atom. The zero-order chi connectivity index (χ0) is 14.8. The largest absolute Gasteiger partial charge is 0.480 e. The smallest absolute Gasteiger partial charge is 0.326 e. The van der Waals surface area contributed by atoms with Crippen LogP contribution in [0.3, 0.4) is 0 Å². The monoisotopic (exact) mass is 295 g/mol. The fraction of sp³-hybridized carbons (Fsp3) is 0.875. The molecule has 5 unspecified atom stereocenters. The molecule has 5 heteroatoms. The molecule has 0 aromatic rings. The molecular weight excluding hydrogens is 270 g/mol. The molecule has 0 aromatic heterocycles. The van der Waals surface area contributed by atoms with Crippen LogP contribution in [0.5, 0.6) is 0 Å². The van der Waals surface area contributed by atoms with Gasteiger partial charge in [-0.3, -0.25) is 4.79 Å². The molecule has 1 heterocycles. The van der Waals surface area contributed by atoms with Gasteiger partial charge in [0.05, 0.1) is 6.61 Å². The Labute approximate surface area is 125 Å². The second-order valence-corrected chi connectivity index (χ2v) is 7.00. The van der Waals surface area contributed by atoms with Crippen molar-refractivity contribution >= 4 is 11.9 Å². The van der Waals surface area contributed by atoms with Gasteiger partial charge in [-0.25, -0.2) is 4.79 Å². The molecule has 2 N–H and O–H groups in total. The van der Waals surface area contributed by atoms with E-state index in [4.69, 9.17) is 4.74 Å². The zero-order valence-electron chi connectivity index (χ0n) is 12.4. The third-order valence-corrected chi connectivity index (χ3v) is 5.58. The minimum atomic E-state index is -0.938. The number of fused-ring (bicyclic) bond motifs is 2. The fourth-order valence-electron chi connectivity index (χ4n) is 4.51. The van der Waals surface area contributed by atoms with Gasteiger partial charge >= 0.3 is 5.97 Å². The molecule has 1 saturated heterocycles. The number of hydrogen-bond acceptors (Lipinski definition) is 3. The summed E-state index contributed by atoms with van der Waals surface area (Å²) in [5, 5.41) is 12.1. The van der Waals surface area contributed by atoms with Gasteiger partial charge in [0.2, 0.25) is 5.91 Å². The summed E-state index contributed by atoms with van der Waals surface area (Å²) in [7, 11) is 0. The van der Waals surface area contributed by atoms with Crippen molar-refractivity contribution < 1.29 is 19.4 Å². The topological polar surface area (TPSA) is 75.6 Å². The first-order valence-corrected chi connectivity index (χ1v) is 8.23. The Morgan fingerprint density at radius 3 is 2.67 bits per heavy atom. The highest BCUT2D eigenvalue weighted by Crippen LogP contribution is 2.49.